The van der Waals surface area contributed by atoms with Crippen molar-refractivity contribution in [1.29, 1.82) is 0 Å². The van der Waals surface area contributed by atoms with Gasteiger partial charge in [-0.25, -0.2) is 13.1 Å². The van der Waals surface area contributed by atoms with Gasteiger partial charge in [0.15, 0.2) is 0 Å². The molecular weight excluding hydrogens is 336 g/mol. The molecule has 0 fully saturated rings. The van der Waals surface area contributed by atoms with Crippen LogP contribution in [0.25, 0.3) is 0 Å². The molecule has 0 saturated heterocycles. The highest BCUT2D eigenvalue weighted by Gasteiger charge is 2.18. The molecule has 0 bridgehead atoms. The number of hydrogen-bond acceptors (Lipinski definition) is 3. The van der Waals surface area contributed by atoms with Crippen LogP contribution in [0.1, 0.15) is 27.8 Å². The minimum absolute atomic E-state index is 0.189. The van der Waals surface area contributed by atoms with Gasteiger partial charge >= 0.3 is 0 Å². The Balaban J connectivity index is 2.09. The molecule has 0 aliphatic carbocycles. The number of amides is 1. The number of hydrogen-bond donors (Lipinski definition) is 2. The van der Waals surface area contributed by atoms with Gasteiger partial charge in [-0.05, 0) is 57.4 Å². The fourth-order valence-corrected chi connectivity index (χ4v) is 4.11. The number of anilines is 1. The van der Waals surface area contributed by atoms with Crippen molar-refractivity contribution >= 4 is 21.6 Å². The van der Waals surface area contributed by atoms with Crippen molar-refractivity contribution in [2.45, 2.75) is 39.5 Å². The molecule has 0 aliphatic rings. The third-order valence-corrected chi connectivity index (χ3v) is 5.55. The lowest BCUT2D eigenvalue weighted by Gasteiger charge is -2.14. The number of rotatable bonds is 5. The summed E-state index contributed by atoms with van der Waals surface area (Å²) < 4.78 is 27.2. The molecule has 0 atom stereocenters. The maximum absolute atomic E-state index is 12.4. The molecule has 2 aromatic rings. The normalized spacial score (nSPS) is 11.4. The van der Waals surface area contributed by atoms with Crippen molar-refractivity contribution in [2.24, 2.45) is 0 Å². The van der Waals surface area contributed by atoms with E-state index in [1.165, 1.54) is 0 Å². The van der Waals surface area contributed by atoms with Crippen LogP contribution >= 0.6 is 0 Å². The summed E-state index contributed by atoms with van der Waals surface area (Å²) in [6.45, 7) is 9.13. The predicted molar refractivity (Wildman–Crippen MR) is 100 cm³/mol. The third-order valence-electron chi connectivity index (χ3n) is 3.98. The summed E-state index contributed by atoms with van der Waals surface area (Å²) in [4.78, 5) is 12.4. The molecule has 25 heavy (non-hydrogen) atoms. The summed E-state index contributed by atoms with van der Waals surface area (Å²) in [5, 5.41) is 2.79. The average Bonchev–Trinajstić information content (AvgIpc) is 2.48. The lowest BCUT2D eigenvalue weighted by molar-refractivity contribution is -0.115. The Morgan fingerprint density at radius 1 is 0.880 bits per heavy atom. The lowest BCUT2D eigenvalue weighted by Crippen LogP contribution is -2.33. The topological polar surface area (TPSA) is 75.3 Å². The van der Waals surface area contributed by atoms with Gasteiger partial charge in [0.2, 0.25) is 15.9 Å². The molecule has 0 saturated carbocycles. The number of nitrogens with one attached hydrogen (secondary N) is 2. The van der Waals surface area contributed by atoms with E-state index >= 15 is 0 Å². The molecule has 0 spiro atoms. The van der Waals surface area contributed by atoms with Crippen molar-refractivity contribution in [2.75, 3.05) is 11.9 Å². The molecule has 0 aromatic heterocycles. The van der Waals surface area contributed by atoms with Gasteiger partial charge in [-0.15, -0.1) is 0 Å². The van der Waals surface area contributed by atoms with Crippen molar-refractivity contribution < 1.29 is 13.2 Å². The van der Waals surface area contributed by atoms with Crippen LogP contribution in [0.5, 0.6) is 0 Å². The molecule has 2 rings (SSSR count). The van der Waals surface area contributed by atoms with E-state index in [1.807, 2.05) is 39.8 Å². The second kappa shape index (κ2) is 7.37. The van der Waals surface area contributed by atoms with Gasteiger partial charge < -0.3 is 5.32 Å². The molecule has 2 N–H and O–H groups in total. The summed E-state index contributed by atoms with van der Waals surface area (Å²) in [7, 11) is -3.73. The zero-order chi connectivity index (χ0) is 18.8. The van der Waals surface area contributed by atoms with Crippen molar-refractivity contribution in [3.63, 3.8) is 0 Å². The minimum Gasteiger partial charge on any atom is -0.324 e. The third kappa shape index (κ3) is 4.67. The largest absolute Gasteiger partial charge is 0.324 e. The first-order chi connectivity index (χ1) is 11.6. The average molecular weight is 360 g/mol. The van der Waals surface area contributed by atoms with Crippen LogP contribution < -0.4 is 10.0 Å². The Morgan fingerprint density at radius 3 is 2.00 bits per heavy atom. The van der Waals surface area contributed by atoms with Gasteiger partial charge in [-0.2, -0.15) is 0 Å². The molecule has 0 heterocycles. The number of carbonyl (C=O) groups is 1. The zero-order valence-electron chi connectivity index (χ0n) is 15.2. The van der Waals surface area contributed by atoms with Crippen LogP contribution in [0.4, 0.5) is 5.69 Å². The lowest BCUT2D eigenvalue weighted by atomic mass is 10.1. The van der Waals surface area contributed by atoms with Gasteiger partial charge in [0.1, 0.15) is 0 Å². The number of sulfonamides is 1. The van der Waals surface area contributed by atoms with Crippen molar-refractivity contribution in [1.82, 2.24) is 4.72 Å². The van der Waals surface area contributed by atoms with Gasteiger partial charge in [0, 0.05) is 5.69 Å². The summed E-state index contributed by atoms with van der Waals surface area (Å²) in [5.41, 5.74) is 5.37. The van der Waals surface area contributed by atoms with Crippen LogP contribution in [0.3, 0.4) is 0 Å². The minimum atomic E-state index is -3.73. The van der Waals surface area contributed by atoms with Crippen LogP contribution in [0, 0.1) is 34.6 Å². The smallest absolute Gasteiger partial charge is 0.241 e. The Hall–Kier alpha value is -2.18. The van der Waals surface area contributed by atoms with E-state index in [2.05, 4.69) is 10.0 Å². The highest BCUT2D eigenvalue weighted by Crippen LogP contribution is 2.22. The van der Waals surface area contributed by atoms with E-state index in [-0.39, 0.29) is 11.4 Å². The second-order valence-corrected chi connectivity index (χ2v) is 8.15. The Kier molecular flexibility index (Phi) is 5.65. The van der Waals surface area contributed by atoms with Gasteiger partial charge in [0.05, 0.1) is 11.4 Å². The number of aryl methyl sites for hydroxylation is 5. The van der Waals surface area contributed by atoms with Crippen LogP contribution in [-0.2, 0) is 14.8 Å². The quantitative estimate of drug-likeness (QED) is 0.860. The van der Waals surface area contributed by atoms with E-state index in [1.54, 1.807) is 25.1 Å². The number of carbonyl (C=O) groups excluding carboxylic acids is 1. The van der Waals surface area contributed by atoms with E-state index in [0.717, 1.165) is 27.9 Å². The monoisotopic (exact) mass is 360 g/mol. The molecular formula is C19H24N2O3S. The van der Waals surface area contributed by atoms with Crippen molar-refractivity contribution in [3.8, 4) is 0 Å². The highest BCUT2D eigenvalue weighted by molar-refractivity contribution is 7.89. The summed E-state index contributed by atoms with van der Waals surface area (Å²) in [6.07, 6.45) is 0. The molecule has 2 aromatic carbocycles. The van der Waals surface area contributed by atoms with Gasteiger partial charge in [0.25, 0.3) is 0 Å². The van der Waals surface area contributed by atoms with Crippen LogP contribution in [0.15, 0.2) is 35.2 Å². The molecule has 1 amide bonds. The number of benzene rings is 2. The summed E-state index contributed by atoms with van der Waals surface area (Å²) in [5.74, 6) is -0.400. The zero-order valence-corrected chi connectivity index (χ0v) is 16.0. The van der Waals surface area contributed by atoms with E-state index in [9.17, 15) is 13.2 Å². The highest BCUT2D eigenvalue weighted by atomic mass is 32.2. The van der Waals surface area contributed by atoms with Gasteiger partial charge in [-0.1, -0.05) is 35.4 Å². The Labute approximate surface area is 149 Å². The fraction of sp³-hybridized carbons (Fsp3) is 0.316. The Morgan fingerprint density at radius 2 is 1.44 bits per heavy atom. The van der Waals surface area contributed by atoms with E-state index in [0.29, 0.717) is 5.56 Å². The maximum atomic E-state index is 12.4. The first kappa shape index (κ1) is 19.1. The second-order valence-electron chi connectivity index (χ2n) is 6.42. The fourth-order valence-electron chi connectivity index (χ4n) is 2.90. The first-order valence-corrected chi connectivity index (χ1v) is 9.53. The Bertz CT molecular complexity index is 895. The van der Waals surface area contributed by atoms with Crippen LogP contribution in [0.2, 0.25) is 0 Å². The van der Waals surface area contributed by atoms with Gasteiger partial charge in [-0.3, -0.25) is 4.79 Å². The van der Waals surface area contributed by atoms with E-state index in [4.69, 9.17) is 0 Å². The van der Waals surface area contributed by atoms with Crippen molar-refractivity contribution in [3.05, 3.63) is 58.1 Å². The first-order valence-electron chi connectivity index (χ1n) is 8.05. The summed E-state index contributed by atoms with van der Waals surface area (Å²) >= 11 is 0. The molecule has 0 aliphatic heterocycles. The van der Waals surface area contributed by atoms with Crippen LogP contribution in [-0.4, -0.2) is 20.9 Å². The molecule has 0 unspecified atom stereocenters. The summed E-state index contributed by atoms with van der Waals surface area (Å²) in [6, 6.07) is 9.04. The molecule has 134 valence electrons. The molecule has 5 nitrogen and oxygen atoms in total. The standard InChI is InChI=1S/C19H24N2O3S/c1-12-6-7-17(14(3)8-12)25(23,24)20-11-18(22)21-19-15(4)9-13(2)10-16(19)5/h6-10,20H,11H2,1-5H3,(H,21,22). The van der Waals surface area contributed by atoms with E-state index < -0.39 is 15.9 Å². The molecule has 6 heteroatoms. The maximum Gasteiger partial charge on any atom is 0.241 e. The SMILES string of the molecule is Cc1ccc(S(=O)(=O)NCC(=O)Nc2c(C)cc(C)cc2C)c(C)c1. The molecule has 0 radical (unpaired) electrons. The predicted octanol–water partition coefficient (Wildman–Crippen LogP) is 3.15.